The molecule has 2 heterocycles. The van der Waals surface area contributed by atoms with Gasteiger partial charge in [0, 0.05) is 36.0 Å². The summed E-state index contributed by atoms with van der Waals surface area (Å²) in [6, 6.07) is 18.1. The molecule has 0 radical (unpaired) electrons. The van der Waals surface area contributed by atoms with Crippen molar-refractivity contribution < 1.29 is 9.53 Å². The van der Waals surface area contributed by atoms with Gasteiger partial charge in [-0.15, -0.1) is 11.8 Å². The van der Waals surface area contributed by atoms with Gasteiger partial charge in [-0.05, 0) is 36.2 Å². The number of aromatic nitrogens is 2. The minimum Gasteiger partial charge on any atom is -0.373 e. The van der Waals surface area contributed by atoms with Gasteiger partial charge >= 0.3 is 0 Å². The monoisotopic (exact) mass is 379 g/mol. The number of nitrogens with zero attached hydrogens (tertiary/aromatic N) is 2. The number of carbonyl (C=O) groups excluding carboxylic acids is 1. The van der Waals surface area contributed by atoms with Crippen molar-refractivity contribution in [3.8, 4) is 5.69 Å². The third kappa shape index (κ3) is 3.77. The number of hydrogen-bond acceptors (Lipinski definition) is 4. The topological polar surface area (TPSA) is 70.1 Å². The Kier molecular flexibility index (Phi) is 5.01. The van der Waals surface area contributed by atoms with Crippen LogP contribution in [0, 0.1) is 0 Å². The molecule has 2 aromatic carbocycles. The van der Waals surface area contributed by atoms with Crippen molar-refractivity contribution in [3.05, 3.63) is 78.9 Å². The van der Waals surface area contributed by atoms with E-state index in [9.17, 15) is 4.79 Å². The summed E-state index contributed by atoms with van der Waals surface area (Å²) in [6.07, 6.45) is 6.47. The van der Waals surface area contributed by atoms with E-state index in [-0.39, 0.29) is 12.0 Å². The summed E-state index contributed by atoms with van der Waals surface area (Å²) in [6.45, 7) is 0.516. The number of imidazole rings is 1. The van der Waals surface area contributed by atoms with Crippen LogP contribution in [-0.2, 0) is 9.53 Å². The molecule has 2 N–H and O–H groups in total. The standard InChI is InChI=1S/C21H21N3O2S/c22-20(25)21(10-13-26-19(14-21)16-4-2-1-3-5-16)27-18-8-6-17(7-9-18)24-12-11-23-15-24/h1-9,11-12,15,19H,10,13-14H2,(H2,22,25). The van der Waals surface area contributed by atoms with Crippen molar-refractivity contribution in [1.82, 2.24) is 9.55 Å². The van der Waals surface area contributed by atoms with Gasteiger partial charge in [0.05, 0.1) is 12.4 Å². The molecule has 2 unspecified atom stereocenters. The number of nitrogens with two attached hydrogens (primary N) is 1. The molecule has 1 saturated heterocycles. The first kappa shape index (κ1) is 17.8. The van der Waals surface area contributed by atoms with Crippen LogP contribution < -0.4 is 5.73 Å². The number of hydrogen-bond donors (Lipinski definition) is 1. The molecule has 0 aliphatic carbocycles. The van der Waals surface area contributed by atoms with E-state index in [0.29, 0.717) is 19.4 Å². The largest absolute Gasteiger partial charge is 0.373 e. The highest BCUT2D eigenvalue weighted by atomic mass is 32.2. The summed E-state index contributed by atoms with van der Waals surface area (Å²) in [4.78, 5) is 17.5. The highest BCUT2D eigenvalue weighted by Gasteiger charge is 2.43. The zero-order chi connectivity index (χ0) is 18.7. The summed E-state index contributed by atoms with van der Waals surface area (Å²) in [5.41, 5.74) is 7.98. The molecule has 6 heteroatoms. The van der Waals surface area contributed by atoms with Crippen LogP contribution in [0.25, 0.3) is 5.69 Å². The lowest BCUT2D eigenvalue weighted by Gasteiger charge is -2.38. The molecule has 0 bridgehead atoms. The molecule has 4 rings (SSSR count). The second-order valence-electron chi connectivity index (χ2n) is 6.65. The predicted molar refractivity (Wildman–Crippen MR) is 106 cm³/mol. The molecule has 1 aromatic heterocycles. The predicted octanol–water partition coefficient (Wildman–Crippen LogP) is 3.74. The third-order valence-corrected chi connectivity index (χ3v) is 6.38. The van der Waals surface area contributed by atoms with Gasteiger partial charge in [-0.25, -0.2) is 4.98 Å². The van der Waals surface area contributed by atoms with E-state index in [1.54, 1.807) is 24.3 Å². The number of carbonyl (C=O) groups is 1. The van der Waals surface area contributed by atoms with Crippen LogP contribution in [0.5, 0.6) is 0 Å². The number of primary amides is 1. The SMILES string of the molecule is NC(=O)C1(Sc2ccc(-n3ccnc3)cc2)CCOC(c2ccccc2)C1. The van der Waals surface area contributed by atoms with Gasteiger partial charge in [0.2, 0.25) is 5.91 Å². The maximum atomic E-state index is 12.4. The fourth-order valence-electron chi connectivity index (χ4n) is 3.40. The Hall–Kier alpha value is -2.57. The van der Waals surface area contributed by atoms with Crippen molar-refractivity contribution in [3.63, 3.8) is 0 Å². The maximum Gasteiger partial charge on any atom is 0.234 e. The van der Waals surface area contributed by atoms with Crippen LogP contribution in [0.3, 0.4) is 0 Å². The summed E-state index contributed by atoms with van der Waals surface area (Å²) >= 11 is 1.55. The van der Waals surface area contributed by atoms with E-state index in [2.05, 4.69) is 4.98 Å². The zero-order valence-corrected chi connectivity index (χ0v) is 15.6. The third-order valence-electron chi connectivity index (χ3n) is 4.91. The Bertz CT molecular complexity index is 897. The zero-order valence-electron chi connectivity index (χ0n) is 14.8. The normalized spacial score (nSPS) is 22.4. The molecule has 1 aliphatic heterocycles. The molecule has 1 amide bonds. The van der Waals surface area contributed by atoms with Gasteiger partial charge in [0.15, 0.2) is 0 Å². The fourth-order valence-corrected chi connectivity index (χ4v) is 4.64. The average molecular weight is 379 g/mol. The summed E-state index contributed by atoms with van der Waals surface area (Å²) in [5, 5.41) is 0. The summed E-state index contributed by atoms with van der Waals surface area (Å²) in [5.74, 6) is -0.282. The van der Waals surface area contributed by atoms with Crippen LogP contribution in [0.2, 0.25) is 0 Å². The van der Waals surface area contributed by atoms with Gasteiger partial charge in [-0.3, -0.25) is 4.79 Å². The van der Waals surface area contributed by atoms with E-state index in [1.807, 2.05) is 65.4 Å². The van der Waals surface area contributed by atoms with E-state index in [1.165, 1.54) is 0 Å². The minimum absolute atomic E-state index is 0.120. The Balaban J connectivity index is 1.56. The lowest BCUT2D eigenvalue weighted by Crippen LogP contribution is -2.46. The summed E-state index contributed by atoms with van der Waals surface area (Å²) in [7, 11) is 0. The van der Waals surface area contributed by atoms with Crippen LogP contribution in [0.15, 0.2) is 78.2 Å². The Morgan fingerprint density at radius 1 is 1.19 bits per heavy atom. The van der Waals surface area contributed by atoms with Crippen molar-refractivity contribution in [2.75, 3.05) is 6.61 Å². The molecule has 1 aliphatic rings. The van der Waals surface area contributed by atoms with Gasteiger partial charge in [-0.1, -0.05) is 30.3 Å². The summed E-state index contributed by atoms with van der Waals surface area (Å²) < 4.78 is 7.22. The quantitative estimate of drug-likeness (QED) is 0.733. The average Bonchev–Trinajstić information content (AvgIpc) is 3.24. The van der Waals surface area contributed by atoms with E-state index < -0.39 is 4.75 Å². The van der Waals surface area contributed by atoms with E-state index in [0.717, 1.165) is 16.1 Å². The molecule has 2 atom stereocenters. The highest BCUT2D eigenvalue weighted by Crippen LogP contribution is 2.46. The first-order chi connectivity index (χ1) is 13.2. The molecule has 0 spiro atoms. The Labute approximate surface area is 162 Å². The molecule has 138 valence electrons. The van der Waals surface area contributed by atoms with Gasteiger partial charge in [0.1, 0.15) is 4.75 Å². The lowest BCUT2D eigenvalue weighted by atomic mass is 9.90. The number of amides is 1. The molecule has 3 aromatic rings. The van der Waals surface area contributed by atoms with Crippen LogP contribution in [-0.4, -0.2) is 26.8 Å². The molecule has 0 saturated carbocycles. The Morgan fingerprint density at radius 2 is 1.96 bits per heavy atom. The van der Waals surface area contributed by atoms with Crippen molar-refractivity contribution in [2.24, 2.45) is 5.73 Å². The molecule has 1 fully saturated rings. The van der Waals surface area contributed by atoms with Crippen molar-refractivity contribution >= 4 is 17.7 Å². The smallest absolute Gasteiger partial charge is 0.234 e. The Morgan fingerprint density at radius 3 is 2.63 bits per heavy atom. The second-order valence-corrected chi connectivity index (χ2v) is 8.11. The molecular formula is C21H21N3O2S. The van der Waals surface area contributed by atoms with Gasteiger partial charge in [0.25, 0.3) is 0 Å². The number of rotatable bonds is 5. The second kappa shape index (κ2) is 7.58. The van der Waals surface area contributed by atoms with Crippen molar-refractivity contribution in [2.45, 2.75) is 28.6 Å². The lowest BCUT2D eigenvalue weighted by molar-refractivity contribution is -0.124. The van der Waals surface area contributed by atoms with Crippen LogP contribution in [0.4, 0.5) is 0 Å². The fraction of sp³-hybridized carbons (Fsp3) is 0.238. The van der Waals surface area contributed by atoms with Crippen LogP contribution >= 0.6 is 11.8 Å². The van der Waals surface area contributed by atoms with Crippen molar-refractivity contribution in [1.29, 1.82) is 0 Å². The van der Waals surface area contributed by atoms with Crippen LogP contribution in [0.1, 0.15) is 24.5 Å². The van der Waals surface area contributed by atoms with E-state index in [4.69, 9.17) is 10.5 Å². The first-order valence-corrected chi connectivity index (χ1v) is 9.72. The van der Waals surface area contributed by atoms with Gasteiger partial charge < -0.3 is 15.0 Å². The number of benzene rings is 2. The minimum atomic E-state index is -0.671. The molecule has 5 nitrogen and oxygen atoms in total. The van der Waals surface area contributed by atoms with E-state index >= 15 is 0 Å². The molecular weight excluding hydrogens is 358 g/mol. The highest BCUT2D eigenvalue weighted by molar-refractivity contribution is 8.01. The number of ether oxygens (including phenoxy) is 1. The number of thioether (sulfide) groups is 1. The first-order valence-electron chi connectivity index (χ1n) is 8.90. The molecule has 27 heavy (non-hydrogen) atoms. The maximum absolute atomic E-state index is 12.4. The van der Waals surface area contributed by atoms with Gasteiger partial charge in [-0.2, -0.15) is 0 Å².